The third kappa shape index (κ3) is 8.03. The van der Waals surface area contributed by atoms with Gasteiger partial charge in [-0.1, -0.05) is 60.7 Å². The Kier molecular flexibility index (Phi) is 9.06. The van der Waals surface area contributed by atoms with Crippen LogP contribution in [-0.2, 0) is 32.3 Å². The van der Waals surface area contributed by atoms with Crippen LogP contribution in [0.1, 0.15) is 36.8 Å². The third-order valence-corrected chi connectivity index (χ3v) is 5.30. The van der Waals surface area contributed by atoms with Crippen molar-refractivity contribution < 1.29 is 23.9 Å². The predicted molar refractivity (Wildman–Crippen MR) is 118 cm³/mol. The van der Waals surface area contributed by atoms with Crippen LogP contribution < -0.4 is 16.2 Å². The fraction of sp³-hybridized carbons (Fsp3) is 0.375. The Hall–Kier alpha value is -3.39. The molecule has 3 N–H and O–H groups in total. The van der Waals surface area contributed by atoms with Crippen LogP contribution >= 0.6 is 0 Å². The maximum absolute atomic E-state index is 12.3. The summed E-state index contributed by atoms with van der Waals surface area (Å²) in [5, 5.41) is 2.86. The Morgan fingerprint density at radius 2 is 1.38 bits per heavy atom. The number of hydrazine groups is 1. The van der Waals surface area contributed by atoms with Crippen molar-refractivity contribution in [3.8, 4) is 0 Å². The minimum absolute atomic E-state index is 0.0247. The molecule has 0 unspecified atom stereocenters. The van der Waals surface area contributed by atoms with Crippen LogP contribution in [-0.4, -0.2) is 30.6 Å². The normalized spacial score (nSPS) is 17.8. The quantitative estimate of drug-likeness (QED) is 0.549. The molecule has 1 fully saturated rings. The molecule has 0 aromatic heterocycles. The summed E-state index contributed by atoms with van der Waals surface area (Å²) in [6.45, 7) is 0.406. The van der Waals surface area contributed by atoms with Gasteiger partial charge in [0.2, 0.25) is 5.91 Å². The smallest absolute Gasteiger partial charge is 0.407 e. The topological polar surface area (TPSA) is 106 Å². The molecule has 3 rings (SSSR count). The summed E-state index contributed by atoms with van der Waals surface area (Å²) < 4.78 is 10.6. The van der Waals surface area contributed by atoms with Gasteiger partial charge in [-0.05, 0) is 36.8 Å². The van der Waals surface area contributed by atoms with Gasteiger partial charge in [0.1, 0.15) is 13.2 Å². The van der Waals surface area contributed by atoms with Gasteiger partial charge in [-0.15, -0.1) is 0 Å². The number of carbonyl (C=O) groups excluding carboxylic acids is 3. The highest BCUT2D eigenvalue weighted by molar-refractivity contribution is 5.83. The number of benzene rings is 2. The minimum atomic E-state index is -0.454. The van der Waals surface area contributed by atoms with E-state index in [0.717, 1.165) is 11.1 Å². The van der Waals surface area contributed by atoms with E-state index in [2.05, 4.69) is 16.2 Å². The van der Waals surface area contributed by atoms with E-state index in [1.54, 1.807) is 0 Å². The molecule has 0 atom stereocenters. The molecule has 2 aromatic rings. The molecule has 1 aliphatic carbocycles. The summed E-state index contributed by atoms with van der Waals surface area (Å²) in [6, 6.07) is 19.0. The van der Waals surface area contributed by atoms with Crippen molar-refractivity contribution in [3.63, 3.8) is 0 Å². The molecule has 0 heterocycles. The first-order valence-corrected chi connectivity index (χ1v) is 10.8. The Balaban J connectivity index is 1.26. The summed E-state index contributed by atoms with van der Waals surface area (Å²) in [5.74, 6) is -0.851. The van der Waals surface area contributed by atoms with Crippen LogP contribution in [0.25, 0.3) is 0 Å². The van der Waals surface area contributed by atoms with E-state index >= 15 is 0 Å². The number of alkyl carbamates (subject to hydrolysis) is 1. The van der Waals surface area contributed by atoms with Crippen LogP contribution in [0.15, 0.2) is 60.7 Å². The van der Waals surface area contributed by atoms with Gasteiger partial charge in [-0.2, -0.15) is 0 Å². The highest BCUT2D eigenvalue weighted by Crippen LogP contribution is 2.24. The monoisotopic (exact) mass is 439 g/mol. The molecule has 0 bridgehead atoms. The lowest BCUT2D eigenvalue weighted by molar-refractivity contribution is -0.134. The van der Waals surface area contributed by atoms with Crippen molar-refractivity contribution in [2.75, 3.05) is 6.61 Å². The van der Waals surface area contributed by atoms with Crippen LogP contribution in [0.3, 0.4) is 0 Å². The molecule has 0 saturated heterocycles. The number of hydrogen-bond acceptors (Lipinski definition) is 5. The lowest BCUT2D eigenvalue weighted by Gasteiger charge is -2.28. The molecule has 0 aliphatic heterocycles. The predicted octanol–water partition coefficient (Wildman–Crippen LogP) is 2.84. The number of rotatable bonds is 8. The van der Waals surface area contributed by atoms with Crippen LogP contribution in [0.2, 0.25) is 0 Å². The lowest BCUT2D eigenvalue weighted by atomic mass is 9.85. The number of hydrogen-bond donors (Lipinski definition) is 3. The second kappa shape index (κ2) is 12.5. The van der Waals surface area contributed by atoms with Gasteiger partial charge in [0, 0.05) is 12.0 Å². The number of nitrogens with one attached hydrogen (secondary N) is 3. The first-order valence-electron chi connectivity index (χ1n) is 10.8. The Bertz CT molecular complexity index is 868. The molecule has 3 amide bonds. The second-order valence-electron chi connectivity index (χ2n) is 7.77. The summed E-state index contributed by atoms with van der Waals surface area (Å²) in [5.41, 5.74) is 6.75. The molecule has 8 heteroatoms. The van der Waals surface area contributed by atoms with E-state index in [1.807, 2.05) is 60.7 Å². The van der Waals surface area contributed by atoms with Crippen LogP contribution in [0.4, 0.5) is 4.79 Å². The fourth-order valence-electron chi connectivity index (χ4n) is 3.54. The average molecular weight is 440 g/mol. The van der Waals surface area contributed by atoms with Crippen molar-refractivity contribution in [3.05, 3.63) is 71.8 Å². The first kappa shape index (κ1) is 23.3. The fourth-order valence-corrected chi connectivity index (χ4v) is 3.54. The molecule has 0 spiro atoms. The van der Waals surface area contributed by atoms with E-state index in [9.17, 15) is 14.4 Å². The summed E-state index contributed by atoms with van der Waals surface area (Å²) in [4.78, 5) is 36.1. The molecule has 1 saturated carbocycles. The van der Waals surface area contributed by atoms with Gasteiger partial charge in [0.15, 0.2) is 0 Å². The van der Waals surface area contributed by atoms with Gasteiger partial charge in [-0.25, -0.2) is 4.79 Å². The van der Waals surface area contributed by atoms with Crippen molar-refractivity contribution in [1.29, 1.82) is 0 Å². The highest BCUT2D eigenvalue weighted by Gasteiger charge is 2.27. The van der Waals surface area contributed by atoms with Crippen molar-refractivity contribution >= 4 is 17.9 Å². The van der Waals surface area contributed by atoms with E-state index in [4.69, 9.17) is 9.47 Å². The molecule has 32 heavy (non-hydrogen) atoms. The molecule has 2 aromatic carbocycles. The Labute approximate surface area is 187 Å². The standard InChI is InChI=1S/C24H29N3O5/c28-22(17-31-15-18-7-3-1-4-8-18)26-27-23(29)20-11-13-21(14-12-20)25-24(30)32-16-19-9-5-2-6-10-19/h1-10,20-21H,11-17H2,(H,25,30)(H,26,28)(H,27,29)/t20-,21-. The summed E-state index contributed by atoms with van der Waals surface area (Å²) >= 11 is 0. The molecular formula is C24H29N3O5. The van der Waals surface area contributed by atoms with Crippen molar-refractivity contribution in [2.45, 2.75) is 44.9 Å². The largest absolute Gasteiger partial charge is 0.445 e. The van der Waals surface area contributed by atoms with Crippen LogP contribution in [0.5, 0.6) is 0 Å². The van der Waals surface area contributed by atoms with Gasteiger partial charge in [0.25, 0.3) is 5.91 Å². The van der Waals surface area contributed by atoms with Crippen molar-refractivity contribution in [1.82, 2.24) is 16.2 Å². The molecule has 1 aliphatic rings. The van der Waals surface area contributed by atoms with Gasteiger partial charge < -0.3 is 14.8 Å². The van der Waals surface area contributed by atoms with E-state index in [0.29, 0.717) is 32.3 Å². The van der Waals surface area contributed by atoms with E-state index in [-0.39, 0.29) is 31.1 Å². The second-order valence-corrected chi connectivity index (χ2v) is 7.77. The highest BCUT2D eigenvalue weighted by atomic mass is 16.5. The zero-order chi connectivity index (χ0) is 22.6. The minimum Gasteiger partial charge on any atom is -0.445 e. The van der Waals surface area contributed by atoms with Crippen LogP contribution in [0, 0.1) is 5.92 Å². The maximum Gasteiger partial charge on any atom is 0.407 e. The number of amides is 3. The number of carbonyl (C=O) groups is 3. The Morgan fingerprint density at radius 3 is 2.00 bits per heavy atom. The molecule has 170 valence electrons. The van der Waals surface area contributed by atoms with E-state index in [1.165, 1.54) is 0 Å². The van der Waals surface area contributed by atoms with Gasteiger partial charge >= 0.3 is 6.09 Å². The molecular weight excluding hydrogens is 410 g/mol. The zero-order valence-electron chi connectivity index (χ0n) is 17.9. The van der Waals surface area contributed by atoms with Gasteiger partial charge in [-0.3, -0.25) is 20.4 Å². The summed E-state index contributed by atoms with van der Waals surface area (Å²) in [7, 11) is 0. The van der Waals surface area contributed by atoms with Crippen molar-refractivity contribution in [2.24, 2.45) is 5.92 Å². The molecule has 8 nitrogen and oxygen atoms in total. The number of ether oxygens (including phenoxy) is 2. The summed E-state index contributed by atoms with van der Waals surface area (Å²) in [6.07, 6.45) is 2.13. The average Bonchev–Trinajstić information content (AvgIpc) is 2.83. The Morgan fingerprint density at radius 1 is 0.781 bits per heavy atom. The SMILES string of the molecule is O=C(COCc1ccccc1)NNC(=O)[C@H]1CC[C@H](NC(=O)OCc2ccccc2)CC1. The zero-order valence-corrected chi connectivity index (χ0v) is 17.9. The third-order valence-electron chi connectivity index (χ3n) is 5.30. The molecule has 0 radical (unpaired) electrons. The maximum atomic E-state index is 12.3. The first-order chi connectivity index (χ1) is 15.6. The lowest BCUT2D eigenvalue weighted by Crippen LogP contribution is -2.47. The van der Waals surface area contributed by atoms with Gasteiger partial charge in [0.05, 0.1) is 6.61 Å². The van der Waals surface area contributed by atoms with E-state index < -0.39 is 12.0 Å².